The predicted octanol–water partition coefficient (Wildman–Crippen LogP) is 0.195. The van der Waals surface area contributed by atoms with E-state index in [1.54, 1.807) is 0 Å². The first-order valence-corrected chi connectivity index (χ1v) is 5.45. The molecule has 3 N–H and O–H groups in total. The van der Waals surface area contributed by atoms with Crippen molar-refractivity contribution in [3.05, 3.63) is 0 Å². The highest BCUT2D eigenvalue weighted by Crippen LogP contribution is 2.16. The molecule has 0 spiro atoms. The van der Waals surface area contributed by atoms with Crippen LogP contribution < -0.4 is 11.3 Å². The van der Waals surface area contributed by atoms with Crippen LogP contribution in [-0.4, -0.2) is 43.8 Å². The van der Waals surface area contributed by atoms with Gasteiger partial charge < -0.3 is 9.64 Å². The first-order chi connectivity index (χ1) is 6.69. The average molecular weight is 201 g/mol. The van der Waals surface area contributed by atoms with Crippen LogP contribution in [0.5, 0.6) is 0 Å². The monoisotopic (exact) mass is 201 g/mol. The molecule has 0 aromatic heterocycles. The lowest BCUT2D eigenvalue weighted by molar-refractivity contribution is -0.0482. The van der Waals surface area contributed by atoms with Crippen molar-refractivity contribution < 1.29 is 4.74 Å². The second kappa shape index (κ2) is 5.66. The van der Waals surface area contributed by atoms with Crippen molar-refractivity contribution in [1.82, 2.24) is 10.3 Å². The molecule has 0 aromatic rings. The zero-order chi connectivity index (χ0) is 10.6. The van der Waals surface area contributed by atoms with E-state index in [-0.39, 0.29) is 12.1 Å². The largest absolute Gasteiger partial charge is 0.374 e. The Balaban J connectivity index is 2.50. The summed E-state index contributed by atoms with van der Waals surface area (Å²) in [6.45, 7) is 7.20. The summed E-state index contributed by atoms with van der Waals surface area (Å²) in [6, 6.07) is 0.266. The molecule has 0 aliphatic carbocycles. The van der Waals surface area contributed by atoms with Crippen LogP contribution in [0.25, 0.3) is 0 Å². The van der Waals surface area contributed by atoms with Crippen LogP contribution in [0.3, 0.4) is 0 Å². The fraction of sp³-hybridized carbons (Fsp3) is 1.00. The summed E-state index contributed by atoms with van der Waals surface area (Å²) in [4.78, 5) is 2.29. The van der Waals surface area contributed by atoms with Crippen molar-refractivity contribution in [3.8, 4) is 0 Å². The Morgan fingerprint density at radius 3 is 2.86 bits per heavy atom. The zero-order valence-corrected chi connectivity index (χ0v) is 9.49. The van der Waals surface area contributed by atoms with Gasteiger partial charge in [0.05, 0.1) is 18.8 Å². The predicted molar refractivity (Wildman–Crippen MR) is 57.8 cm³/mol. The van der Waals surface area contributed by atoms with Crippen molar-refractivity contribution in [2.24, 2.45) is 11.8 Å². The third-order valence-corrected chi connectivity index (χ3v) is 3.15. The van der Waals surface area contributed by atoms with E-state index < -0.39 is 0 Å². The molecule has 1 rings (SSSR count). The highest BCUT2D eigenvalue weighted by atomic mass is 16.5. The molecule has 4 nitrogen and oxygen atoms in total. The van der Waals surface area contributed by atoms with Crippen LogP contribution in [0.1, 0.15) is 20.3 Å². The third kappa shape index (κ3) is 2.92. The van der Waals surface area contributed by atoms with Crippen LogP contribution in [0.2, 0.25) is 0 Å². The van der Waals surface area contributed by atoms with Gasteiger partial charge in [-0.1, -0.05) is 20.3 Å². The molecule has 1 fully saturated rings. The Morgan fingerprint density at radius 2 is 2.36 bits per heavy atom. The van der Waals surface area contributed by atoms with Gasteiger partial charge in [-0.2, -0.15) is 0 Å². The Bertz CT molecular complexity index is 165. The summed E-state index contributed by atoms with van der Waals surface area (Å²) >= 11 is 0. The maximum absolute atomic E-state index is 5.74. The number of nitrogens with zero attached hydrogens (tertiary/aromatic N) is 1. The molecule has 0 saturated carbocycles. The lowest BCUT2D eigenvalue weighted by Crippen LogP contribution is -2.55. The lowest BCUT2D eigenvalue weighted by atomic mass is 9.94. The number of hydrogen-bond donors (Lipinski definition) is 2. The molecular weight excluding hydrogens is 178 g/mol. The molecule has 3 atom stereocenters. The fourth-order valence-corrected chi connectivity index (χ4v) is 1.92. The van der Waals surface area contributed by atoms with E-state index in [1.807, 2.05) is 0 Å². The van der Waals surface area contributed by atoms with Crippen molar-refractivity contribution >= 4 is 0 Å². The van der Waals surface area contributed by atoms with Crippen LogP contribution >= 0.6 is 0 Å². The summed E-state index contributed by atoms with van der Waals surface area (Å²) in [7, 11) is 2.12. The summed E-state index contributed by atoms with van der Waals surface area (Å²) < 4.78 is 5.74. The minimum atomic E-state index is 0.230. The normalized spacial score (nSPS) is 28.7. The number of rotatable bonds is 4. The maximum Gasteiger partial charge on any atom is 0.0871 e. The summed E-state index contributed by atoms with van der Waals surface area (Å²) in [5.74, 6) is 6.13. The molecule has 1 aliphatic rings. The second-order valence-corrected chi connectivity index (χ2v) is 4.25. The van der Waals surface area contributed by atoms with Crippen molar-refractivity contribution in [1.29, 1.82) is 0 Å². The van der Waals surface area contributed by atoms with Crippen LogP contribution in [-0.2, 0) is 4.74 Å². The van der Waals surface area contributed by atoms with Gasteiger partial charge in [-0.3, -0.25) is 11.3 Å². The molecule has 3 unspecified atom stereocenters. The van der Waals surface area contributed by atoms with E-state index in [4.69, 9.17) is 10.6 Å². The lowest BCUT2D eigenvalue weighted by Gasteiger charge is -2.37. The molecule has 4 heteroatoms. The number of hydrazine groups is 1. The van der Waals surface area contributed by atoms with Gasteiger partial charge in [0.1, 0.15) is 0 Å². The van der Waals surface area contributed by atoms with Crippen molar-refractivity contribution in [3.63, 3.8) is 0 Å². The summed E-state index contributed by atoms with van der Waals surface area (Å²) in [6.07, 6.45) is 1.35. The van der Waals surface area contributed by atoms with Gasteiger partial charge in [-0.15, -0.1) is 0 Å². The second-order valence-electron chi connectivity index (χ2n) is 4.25. The van der Waals surface area contributed by atoms with Crippen molar-refractivity contribution in [2.45, 2.75) is 32.4 Å². The van der Waals surface area contributed by atoms with Gasteiger partial charge in [-0.25, -0.2) is 0 Å². The van der Waals surface area contributed by atoms with E-state index in [0.717, 1.165) is 26.1 Å². The third-order valence-electron chi connectivity index (χ3n) is 3.15. The Morgan fingerprint density at radius 1 is 1.64 bits per heavy atom. The van der Waals surface area contributed by atoms with Crippen LogP contribution in [0.15, 0.2) is 0 Å². The molecule has 84 valence electrons. The highest BCUT2D eigenvalue weighted by Gasteiger charge is 2.29. The topological polar surface area (TPSA) is 50.5 Å². The standard InChI is InChI=1S/C10H23N3O/c1-4-8(2)10(12-11)9-7-13(3)5-6-14-9/h8-10,12H,4-7,11H2,1-3H3. The summed E-state index contributed by atoms with van der Waals surface area (Å²) in [5, 5.41) is 0. The van der Waals surface area contributed by atoms with Gasteiger partial charge >= 0.3 is 0 Å². The smallest absolute Gasteiger partial charge is 0.0871 e. The number of likely N-dealkylation sites (N-methyl/N-ethyl adjacent to an activating group) is 1. The molecule has 0 amide bonds. The van der Waals surface area contributed by atoms with Gasteiger partial charge in [-0.05, 0) is 13.0 Å². The van der Waals surface area contributed by atoms with Crippen LogP contribution in [0, 0.1) is 5.92 Å². The maximum atomic E-state index is 5.74. The van der Waals surface area contributed by atoms with Gasteiger partial charge in [0, 0.05) is 13.1 Å². The average Bonchev–Trinajstić information content (AvgIpc) is 2.19. The van der Waals surface area contributed by atoms with E-state index in [1.165, 1.54) is 0 Å². The molecule has 1 heterocycles. The van der Waals surface area contributed by atoms with Gasteiger partial charge in [0.2, 0.25) is 0 Å². The molecule has 0 radical (unpaired) electrons. The number of nitrogens with one attached hydrogen (secondary N) is 1. The Hall–Kier alpha value is -0.160. The molecule has 14 heavy (non-hydrogen) atoms. The Labute approximate surface area is 86.8 Å². The van der Waals surface area contributed by atoms with Crippen LogP contribution in [0.4, 0.5) is 0 Å². The van der Waals surface area contributed by atoms with Gasteiger partial charge in [0.25, 0.3) is 0 Å². The van der Waals surface area contributed by atoms with E-state index in [2.05, 4.69) is 31.2 Å². The molecule has 1 aliphatic heterocycles. The summed E-state index contributed by atoms with van der Waals surface area (Å²) in [5.41, 5.74) is 2.89. The Kier molecular flexibility index (Phi) is 4.81. The first kappa shape index (κ1) is 11.9. The quantitative estimate of drug-likeness (QED) is 0.504. The number of hydrogen-bond acceptors (Lipinski definition) is 4. The minimum absolute atomic E-state index is 0.230. The van der Waals surface area contributed by atoms with Gasteiger partial charge in [0.15, 0.2) is 0 Å². The first-order valence-electron chi connectivity index (χ1n) is 5.45. The zero-order valence-electron chi connectivity index (χ0n) is 9.49. The van der Waals surface area contributed by atoms with E-state index in [9.17, 15) is 0 Å². The molecule has 0 bridgehead atoms. The van der Waals surface area contributed by atoms with Crippen molar-refractivity contribution in [2.75, 3.05) is 26.7 Å². The molecule has 0 aromatic carbocycles. The number of nitrogens with two attached hydrogens (primary N) is 1. The minimum Gasteiger partial charge on any atom is -0.374 e. The SMILES string of the molecule is CCC(C)C(NN)C1CN(C)CCO1. The fourth-order valence-electron chi connectivity index (χ4n) is 1.92. The van der Waals surface area contributed by atoms with E-state index >= 15 is 0 Å². The number of morpholine rings is 1. The van der Waals surface area contributed by atoms with E-state index in [0.29, 0.717) is 5.92 Å². The highest BCUT2D eigenvalue weighted by molar-refractivity contribution is 4.83. The molecule has 1 saturated heterocycles. The number of ether oxygens (including phenoxy) is 1. The molecular formula is C10H23N3O.